The maximum atomic E-state index is 12.2. The number of amides is 1. The molecule has 2 atom stereocenters. The molecule has 0 saturated carbocycles. The van der Waals surface area contributed by atoms with Crippen molar-refractivity contribution in [3.05, 3.63) is 20.8 Å². The highest BCUT2D eigenvalue weighted by Crippen LogP contribution is 2.28. The normalized spacial score (nSPS) is 25.9. The minimum Gasteiger partial charge on any atom is -0.336 e. The molecule has 1 amide bonds. The lowest BCUT2D eigenvalue weighted by atomic mass is 10.1. The fourth-order valence-corrected chi connectivity index (χ4v) is 3.41. The molecular formula is C11H14BrNOS. The van der Waals surface area contributed by atoms with Crippen LogP contribution in [0.1, 0.15) is 30.6 Å². The highest BCUT2D eigenvalue weighted by Gasteiger charge is 2.32. The lowest BCUT2D eigenvalue weighted by molar-refractivity contribution is 0.0734. The molecule has 1 saturated heterocycles. The minimum absolute atomic E-state index is 0.167. The second-order valence-electron chi connectivity index (χ2n) is 4.14. The summed E-state index contributed by atoms with van der Waals surface area (Å²) in [6.45, 7) is 5.24. The summed E-state index contributed by atoms with van der Waals surface area (Å²) < 4.78 is 0.921. The number of hydrogen-bond acceptors (Lipinski definition) is 2. The van der Waals surface area contributed by atoms with Crippen LogP contribution in [0.5, 0.6) is 0 Å². The van der Waals surface area contributed by atoms with E-state index in [4.69, 9.17) is 0 Å². The summed E-state index contributed by atoms with van der Waals surface area (Å²) in [4.78, 5) is 14.2. The van der Waals surface area contributed by atoms with Crippen molar-refractivity contribution in [2.24, 2.45) is 5.92 Å². The maximum Gasteiger partial charge on any atom is 0.256 e. The third kappa shape index (κ3) is 1.97. The van der Waals surface area contributed by atoms with Gasteiger partial charge in [-0.05, 0) is 35.2 Å². The smallest absolute Gasteiger partial charge is 0.256 e. The summed E-state index contributed by atoms with van der Waals surface area (Å²) in [5.74, 6) is 0.784. The Kier molecular flexibility index (Phi) is 3.16. The zero-order chi connectivity index (χ0) is 11.0. The SMILES string of the molecule is CC1CCN(C(=O)c2cscc2Br)C1C. The van der Waals surface area contributed by atoms with E-state index in [0.29, 0.717) is 12.0 Å². The standard InChI is InChI=1S/C11H14BrNOS/c1-7-3-4-13(8(7)2)11(14)9-5-15-6-10(9)12/h5-8H,3-4H2,1-2H3. The summed E-state index contributed by atoms with van der Waals surface area (Å²) >= 11 is 4.97. The molecule has 82 valence electrons. The minimum atomic E-state index is 0.167. The Labute approximate surface area is 102 Å². The van der Waals surface area contributed by atoms with Gasteiger partial charge in [-0.15, -0.1) is 0 Å². The van der Waals surface area contributed by atoms with Crippen molar-refractivity contribution in [3.63, 3.8) is 0 Å². The molecule has 15 heavy (non-hydrogen) atoms. The Balaban J connectivity index is 2.19. The first-order chi connectivity index (χ1) is 7.11. The van der Waals surface area contributed by atoms with Crippen molar-refractivity contribution in [1.82, 2.24) is 4.90 Å². The quantitative estimate of drug-likeness (QED) is 0.775. The Hall–Kier alpha value is -0.350. The van der Waals surface area contributed by atoms with E-state index in [1.165, 1.54) is 0 Å². The van der Waals surface area contributed by atoms with Crippen LogP contribution in [0.3, 0.4) is 0 Å². The van der Waals surface area contributed by atoms with Gasteiger partial charge in [0.25, 0.3) is 5.91 Å². The van der Waals surface area contributed by atoms with Crippen molar-refractivity contribution in [1.29, 1.82) is 0 Å². The highest BCUT2D eigenvalue weighted by molar-refractivity contribution is 9.10. The van der Waals surface area contributed by atoms with Crippen LogP contribution in [0, 0.1) is 5.92 Å². The average molecular weight is 288 g/mol. The van der Waals surface area contributed by atoms with Gasteiger partial charge in [-0.2, -0.15) is 11.3 Å². The van der Waals surface area contributed by atoms with Gasteiger partial charge >= 0.3 is 0 Å². The van der Waals surface area contributed by atoms with Crippen molar-refractivity contribution in [3.8, 4) is 0 Å². The number of carbonyl (C=O) groups excluding carboxylic acids is 1. The molecule has 1 aromatic heterocycles. The molecule has 2 nitrogen and oxygen atoms in total. The van der Waals surface area contributed by atoms with E-state index in [1.807, 2.05) is 15.7 Å². The molecule has 0 spiro atoms. The van der Waals surface area contributed by atoms with Crippen molar-refractivity contribution < 1.29 is 4.79 Å². The maximum absolute atomic E-state index is 12.2. The lowest BCUT2D eigenvalue weighted by Crippen LogP contribution is -2.35. The average Bonchev–Trinajstić information content (AvgIpc) is 2.75. The van der Waals surface area contributed by atoms with Gasteiger partial charge in [0.05, 0.1) is 5.56 Å². The van der Waals surface area contributed by atoms with Crippen LogP contribution in [0.15, 0.2) is 15.2 Å². The van der Waals surface area contributed by atoms with Gasteiger partial charge in [-0.3, -0.25) is 4.79 Å². The van der Waals surface area contributed by atoms with Gasteiger partial charge in [0.1, 0.15) is 0 Å². The molecule has 1 aliphatic heterocycles. The van der Waals surface area contributed by atoms with Crippen LogP contribution in [0.4, 0.5) is 0 Å². The van der Waals surface area contributed by atoms with Gasteiger partial charge in [-0.1, -0.05) is 6.92 Å². The summed E-state index contributed by atoms with van der Waals surface area (Å²) in [5, 5.41) is 3.87. The Morgan fingerprint density at radius 2 is 2.27 bits per heavy atom. The molecule has 0 aromatic carbocycles. The predicted molar refractivity (Wildman–Crippen MR) is 66.3 cm³/mol. The molecule has 1 aromatic rings. The second-order valence-corrected chi connectivity index (χ2v) is 5.74. The summed E-state index contributed by atoms with van der Waals surface area (Å²) in [6, 6.07) is 0.365. The lowest BCUT2D eigenvalue weighted by Gasteiger charge is -2.23. The third-order valence-electron chi connectivity index (χ3n) is 3.25. The molecule has 2 heterocycles. The molecule has 0 radical (unpaired) electrons. The molecule has 2 unspecified atom stereocenters. The van der Waals surface area contributed by atoms with E-state index < -0.39 is 0 Å². The molecule has 1 fully saturated rings. The number of nitrogens with zero attached hydrogens (tertiary/aromatic N) is 1. The first-order valence-corrected chi connectivity index (χ1v) is 6.87. The highest BCUT2D eigenvalue weighted by atomic mass is 79.9. The van der Waals surface area contributed by atoms with E-state index >= 15 is 0 Å². The third-order valence-corrected chi connectivity index (χ3v) is 4.95. The van der Waals surface area contributed by atoms with Crippen LogP contribution in [-0.2, 0) is 0 Å². The molecule has 0 bridgehead atoms. The zero-order valence-corrected chi connectivity index (χ0v) is 11.3. The number of likely N-dealkylation sites (tertiary alicyclic amines) is 1. The Bertz CT molecular complexity index is 376. The molecule has 4 heteroatoms. The second kappa shape index (κ2) is 4.26. The fraction of sp³-hybridized carbons (Fsp3) is 0.545. The van der Waals surface area contributed by atoms with E-state index in [2.05, 4.69) is 29.8 Å². The van der Waals surface area contributed by atoms with Crippen molar-refractivity contribution in [2.75, 3.05) is 6.54 Å². The van der Waals surface area contributed by atoms with Gasteiger partial charge < -0.3 is 4.90 Å². The fourth-order valence-electron chi connectivity index (χ4n) is 1.97. The summed E-state index contributed by atoms with van der Waals surface area (Å²) in [7, 11) is 0. The van der Waals surface area contributed by atoms with Crippen LogP contribution >= 0.6 is 27.3 Å². The largest absolute Gasteiger partial charge is 0.336 e. The molecule has 0 aliphatic carbocycles. The van der Waals surface area contributed by atoms with Gasteiger partial charge in [0.15, 0.2) is 0 Å². The predicted octanol–water partition coefficient (Wildman–Crippen LogP) is 3.38. The Morgan fingerprint density at radius 3 is 2.73 bits per heavy atom. The summed E-state index contributed by atoms with van der Waals surface area (Å²) in [5.41, 5.74) is 0.806. The van der Waals surface area contributed by atoms with Crippen molar-refractivity contribution >= 4 is 33.2 Å². The van der Waals surface area contributed by atoms with Crippen LogP contribution < -0.4 is 0 Å². The number of halogens is 1. The monoisotopic (exact) mass is 287 g/mol. The van der Waals surface area contributed by atoms with E-state index in [-0.39, 0.29) is 5.91 Å². The number of carbonyl (C=O) groups is 1. The first kappa shape index (κ1) is 11.1. The van der Waals surface area contributed by atoms with Crippen molar-refractivity contribution in [2.45, 2.75) is 26.3 Å². The van der Waals surface area contributed by atoms with E-state index in [0.717, 1.165) is 23.0 Å². The number of rotatable bonds is 1. The van der Waals surface area contributed by atoms with E-state index in [9.17, 15) is 4.79 Å². The van der Waals surface area contributed by atoms with Crippen LogP contribution in [0.25, 0.3) is 0 Å². The van der Waals surface area contributed by atoms with Gasteiger partial charge in [0, 0.05) is 27.8 Å². The van der Waals surface area contributed by atoms with Gasteiger partial charge in [-0.25, -0.2) is 0 Å². The van der Waals surface area contributed by atoms with E-state index in [1.54, 1.807) is 11.3 Å². The topological polar surface area (TPSA) is 20.3 Å². The first-order valence-electron chi connectivity index (χ1n) is 5.14. The Morgan fingerprint density at radius 1 is 1.53 bits per heavy atom. The van der Waals surface area contributed by atoms with Crippen LogP contribution in [-0.4, -0.2) is 23.4 Å². The number of hydrogen-bond donors (Lipinski definition) is 0. The number of thiophene rings is 1. The molecule has 2 rings (SSSR count). The van der Waals surface area contributed by atoms with Crippen LogP contribution in [0.2, 0.25) is 0 Å². The van der Waals surface area contributed by atoms with Gasteiger partial charge in [0.2, 0.25) is 0 Å². The molecule has 1 aliphatic rings. The zero-order valence-electron chi connectivity index (χ0n) is 8.87. The molecule has 0 N–H and O–H groups in total. The summed E-state index contributed by atoms with van der Waals surface area (Å²) in [6.07, 6.45) is 1.12. The molecular weight excluding hydrogens is 274 g/mol.